The molecule has 0 saturated carbocycles. The van der Waals surface area contributed by atoms with Crippen LogP contribution in [-0.2, 0) is 20.7 Å². The van der Waals surface area contributed by atoms with Crippen molar-refractivity contribution < 1.29 is 18.7 Å². The van der Waals surface area contributed by atoms with Crippen LogP contribution in [0.5, 0.6) is 0 Å². The van der Waals surface area contributed by atoms with Gasteiger partial charge in [-0.15, -0.1) is 10.2 Å². The number of nitrogens with zero attached hydrogens (tertiary/aromatic N) is 2. The van der Waals surface area contributed by atoms with Gasteiger partial charge in [0.1, 0.15) is 0 Å². The Bertz CT molecular complexity index is 1050. The van der Waals surface area contributed by atoms with Crippen molar-refractivity contribution in [1.82, 2.24) is 10.2 Å². The first-order chi connectivity index (χ1) is 14.3. The first-order valence-corrected chi connectivity index (χ1v) is 9.92. The van der Waals surface area contributed by atoms with Gasteiger partial charge in [-0.3, -0.25) is 9.59 Å². The summed E-state index contributed by atoms with van der Waals surface area (Å²) in [6.45, 7) is 3.46. The van der Waals surface area contributed by atoms with Gasteiger partial charge in [-0.1, -0.05) is 40.9 Å². The molecule has 7 nitrogen and oxygen atoms in total. The Morgan fingerprint density at radius 2 is 1.87 bits per heavy atom. The summed E-state index contributed by atoms with van der Waals surface area (Å²) < 4.78 is 10.7. The van der Waals surface area contributed by atoms with Gasteiger partial charge in [0.15, 0.2) is 6.10 Å². The van der Waals surface area contributed by atoms with Gasteiger partial charge in [0, 0.05) is 17.0 Å². The molecule has 0 bridgehead atoms. The number of carbonyl (C=O) groups is 2. The molecular weight excluding hydrogens is 429 g/mol. The summed E-state index contributed by atoms with van der Waals surface area (Å²) in [5.41, 5.74) is 2.30. The molecular formula is C21H19Cl2N3O4. The van der Waals surface area contributed by atoms with E-state index < -0.39 is 18.0 Å². The fourth-order valence-electron chi connectivity index (χ4n) is 2.51. The Balaban J connectivity index is 1.49. The molecule has 1 atom stereocenters. The normalized spacial score (nSPS) is 11.7. The molecule has 1 aromatic heterocycles. The molecule has 0 radical (unpaired) electrons. The lowest BCUT2D eigenvalue weighted by Gasteiger charge is -2.14. The number of halogens is 2. The minimum Gasteiger partial charge on any atom is -0.453 e. The van der Waals surface area contributed by atoms with Gasteiger partial charge in [-0.25, -0.2) is 0 Å². The van der Waals surface area contributed by atoms with Crippen LogP contribution in [-0.4, -0.2) is 28.2 Å². The molecule has 1 amide bonds. The van der Waals surface area contributed by atoms with Gasteiger partial charge in [0.2, 0.25) is 11.8 Å². The highest BCUT2D eigenvalue weighted by molar-refractivity contribution is 6.36. The van der Waals surface area contributed by atoms with E-state index in [0.717, 1.165) is 11.1 Å². The third-order valence-corrected chi connectivity index (χ3v) is 4.72. The van der Waals surface area contributed by atoms with Crippen molar-refractivity contribution in [2.45, 2.75) is 32.8 Å². The molecule has 3 rings (SSSR count). The monoisotopic (exact) mass is 447 g/mol. The topological polar surface area (TPSA) is 94.3 Å². The van der Waals surface area contributed by atoms with Crippen molar-refractivity contribution in [2.75, 3.05) is 5.32 Å². The molecule has 30 heavy (non-hydrogen) atoms. The number of hydrogen-bond acceptors (Lipinski definition) is 6. The van der Waals surface area contributed by atoms with Gasteiger partial charge in [-0.2, -0.15) is 0 Å². The summed E-state index contributed by atoms with van der Waals surface area (Å²) in [5, 5.41) is 11.3. The fourth-order valence-corrected chi connectivity index (χ4v) is 2.97. The number of esters is 1. The second-order valence-corrected chi connectivity index (χ2v) is 7.46. The van der Waals surface area contributed by atoms with E-state index in [2.05, 4.69) is 15.5 Å². The summed E-state index contributed by atoms with van der Waals surface area (Å²) in [6, 6.07) is 12.3. The van der Waals surface area contributed by atoms with Crippen molar-refractivity contribution in [2.24, 2.45) is 0 Å². The van der Waals surface area contributed by atoms with Crippen molar-refractivity contribution in [3.05, 3.63) is 64.0 Å². The second kappa shape index (κ2) is 9.73. The average Bonchev–Trinajstić information content (AvgIpc) is 3.18. The summed E-state index contributed by atoms with van der Waals surface area (Å²) in [6.07, 6.45) is -0.806. The van der Waals surface area contributed by atoms with E-state index in [4.69, 9.17) is 32.4 Å². The van der Waals surface area contributed by atoms with Crippen LogP contribution in [0.25, 0.3) is 11.5 Å². The molecule has 156 valence electrons. The van der Waals surface area contributed by atoms with Gasteiger partial charge in [0.25, 0.3) is 5.91 Å². The minimum atomic E-state index is -1.00. The Morgan fingerprint density at radius 3 is 2.57 bits per heavy atom. The van der Waals surface area contributed by atoms with Crippen LogP contribution in [0, 0.1) is 6.92 Å². The molecule has 1 N–H and O–H groups in total. The van der Waals surface area contributed by atoms with Crippen molar-refractivity contribution in [3.63, 3.8) is 0 Å². The maximum Gasteiger partial charge on any atom is 0.307 e. The van der Waals surface area contributed by atoms with Crippen LogP contribution >= 0.6 is 23.2 Å². The van der Waals surface area contributed by atoms with Crippen LogP contribution in [0.15, 0.2) is 46.9 Å². The number of aromatic nitrogens is 2. The van der Waals surface area contributed by atoms with Crippen LogP contribution in [0.4, 0.5) is 5.69 Å². The van der Waals surface area contributed by atoms with E-state index in [1.165, 1.54) is 13.0 Å². The van der Waals surface area contributed by atoms with Crippen LogP contribution in [0.1, 0.15) is 24.8 Å². The molecule has 3 aromatic rings. The Labute approximate surface area is 183 Å². The van der Waals surface area contributed by atoms with Crippen molar-refractivity contribution >= 4 is 40.8 Å². The van der Waals surface area contributed by atoms with E-state index >= 15 is 0 Å². The lowest BCUT2D eigenvalue weighted by Crippen LogP contribution is -2.30. The largest absolute Gasteiger partial charge is 0.453 e. The zero-order chi connectivity index (χ0) is 21.7. The molecule has 0 aliphatic heterocycles. The zero-order valence-corrected chi connectivity index (χ0v) is 17.8. The lowest BCUT2D eigenvalue weighted by atomic mass is 10.1. The van der Waals surface area contributed by atoms with Crippen LogP contribution in [0.3, 0.4) is 0 Å². The number of amides is 1. The summed E-state index contributed by atoms with van der Waals surface area (Å²) in [5.74, 6) is -0.375. The molecule has 0 spiro atoms. The quantitative estimate of drug-likeness (QED) is 0.519. The zero-order valence-electron chi connectivity index (χ0n) is 16.3. The molecule has 1 unspecified atom stereocenters. The predicted octanol–water partition coefficient (Wildman–Crippen LogP) is 4.85. The average molecular weight is 448 g/mol. The third-order valence-electron chi connectivity index (χ3n) is 4.17. The maximum absolute atomic E-state index is 12.2. The fraction of sp³-hybridized carbons (Fsp3) is 0.238. The Hall–Kier alpha value is -2.90. The first-order valence-electron chi connectivity index (χ1n) is 9.16. The standard InChI is InChI=1S/C21H19Cl2N3O4/c1-12-3-5-14(6-4-12)21-26-25-18(30-21)9-10-19(27)29-13(2)20(28)24-17-8-7-15(22)11-16(17)23/h3-8,11,13H,9-10H2,1-2H3,(H,24,28). The minimum absolute atomic E-state index is 0.00511. The van der Waals surface area contributed by atoms with Gasteiger partial charge < -0.3 is 14.5 Å². The second-order valence-electron chi connectivity index (χ2n) is 6.61. The van der Waals surface area contributed by atoms with Crippen molar-refractivity contribution in [3.8, 4) is 11.5 Å². The van der Waals surface area contributed by atoms with Gasteiger partial charge in [0.05, 0.1) is 17.1 Å². The number of carbonyl (C=O) groups excluding carboxylic acids is 2. The Kier molecular flexibility index (Phi) is 7.07. The van der Waals surface area contributed by atoms with E-state index in [1.807, 2.05) is 31.2 Å². The summed E-state index contributed by atoms with van der Waals surface area (Å²) in [7, 11) is 0. The first kappa shape index (κ1) is 21.8. The SMILES string of the molecule is Cc1ccc(-c2nnc(CCC(=O)OC(C)C(=O)Nc3ccc(Cl)cc3Cl)o2)cc1. The number of aryl methyl sites for hydroxylation is 2. The lowest BCUT2D eigenvalue weighted by molar-refractivity contribution is -0.153. The summed E-state index contributed by atoms with van der Waals surface area (Å²) >= 11 is 11.9. The van der Waals surface area contributed by atoms with E-state index in [1.54, 1.807) is 12.1 Å². The van der Waals surface area contributed by atoms with Gasteiger partial charge in [-0.05, 0) is 44.2 Å². The molecule has 9 heteroatoms. The molecule has 0 saturated heterocycles. The number of nitrogens with one attached hydrogen (secondary N) is 1. The highest BCUT2D eigenvalue weighted by Gasteiger charge is 2.19. The number of ether oxygens (including phenoxy) is 1. The molecule has 0 aliphatic carbocycles. The number of benzene rings is 2. The molecule has 2 aromatic carbocycles. The van der Waals surface area contributed by atoms with E-state index in [9.17, 15) is 9.59 Å². The highest BCUT2D eigenvalue weighted by atomic mass is 35.5. The van der Waals surface area contributed by atoms with E-state index in [0.29, 0.717) is 22.5 Å². The molecule has 0 aliphatic rings. The predicted molar refractivity (Wildman–Crippen MR) is 113 cm³/mol. The van der Waals surface area contributed by atoms with E-state index in [-0.39, 0.29) is 17.9 Å². The molecule has 1 heterocycles. The number of anilines is 1. The maximum atomic E-state index is 12.2. The van der Waals surface area contributed by atoms with Crippen LogP contribution in [0.2, 0.25) is 10.0 Å². The highest BCUT2D eigenvalue weighted by Crippen LogP contribution is 2.25. The smallest absolute Gasteiger partial charge is 0.307 e. The number of hydrogen-bond donors (Lipinski definition) is 1. The van der Waals surface area contributed by atoms with Gasteiger partial charge >= 0.3 is 5.97 Å². The molecule has 0 fully saturated rings. The van der Waals surface area contributed by atoms with Crippen LogP contribution < -0.4 is 5.32 Å². The number of rotatable bonds is 7. The summed E-state index contributed by atoms with van der Waals surface area (Å²) in [4.78, 5) is 24.3. The Morgan fingerprint density at radius 1 is 1.13 bits per heavy atom. The third kappa shape index (κ3) is 5.81. The van der Waals surface area contributed by atoms with Crippen molar-refractivity contribution in [1.29, 1.82) is 0 Å².